The standard InChI is InChI=1S/C19H22ClF3N4O4S.C18H19ClF3IN4O2/c1-12-17(32(3,29)30)18(19(21,22)23)24-27(12)11-16(28)26-8-6-25(7-9-26)13-4-5-14(20)15(10-13)31-2;1-11-16(23)17(18(20,21)22)24-27(11)10-15(28)26-7-5-25(6-8-26)12-3-4-13(19)14(9-12)29-2/h4-5,10H,6-9,11H2,1-3H3;3-4,9H,5-8,10H2,1-2H3. The summed E-state index contributed by atoms with van der Waals surface area (Å²) in [6, 6.07) is 10.8. The van der Waals surface area contributed by atoms with Gasteiger partial charge in [-0.15, -0.1) is 0 Å². The van der Waals surface area contributed by atoms with Crippen LogP contribution >= 0.6 is 45.8 Å². The maximum atomic E-state index is 13.3. The van der Waals surface area contributed by atoms with Crippen molar-refractivity contribution in [3.63, 3.8) is 0 Å². The molecule has 14 nitrogen and oxygen atoms in total. The van der Waals surface area contributed by atoms with Crippen LogP contribution in [0, 0.1) is 17.4 Å². The summed E-state index contributed by atoms with van der Waals surface area (Å²) < 4.78 is 115. The van der Waals surface area contributed by atoms with Gasteiger partial charge in [0.1, 0.15) is 29.5 Å². The summed E-state index contributed by atoms with van der Waals surface area (Å²) >= 11 is 13.7. The van der Waals surface area contributed by atoms with Crippen LogP contribution in [0.4, 0.5) is 37.7 Å². The molecule has 2 amide bonds. The van der Waals surface area contributed by atoms with Gasteiger partial charge in [-0.05, 0) is 60.7 Å². The molecule has 2 aromatic heterocycles. The molecule has 2 fully saturated rings. The average molecular weight is 1040 g/mol. The number of methoxy groups -OCH3 is 2. The Bertz CT molecular complexity index is 2360. The van der Waals surface area contributed by atoms with Crippen LogP contribution in [0.15, 0.2) is 41.3 Å². The number of carbonyl (C=O) groups is 2. The van der Waals surface area contributed by atoms with Crippen molar-refractivity contribution >= 4 is 78.8 Å². The fraction of sp³-hybridized carbons (Fsp3) is 0.459. The number of rotatable bonds is 9. The Labute approximate surface area is 371 Å². The van der Waals surface area contributed by atoms with Gasteiger partial charge < -0.3 is 29.1 Å². The van der Waals surface area contributed by atoms with E-state index in [0.29, 0.717) is 85.9 Å². The van der Waals surface area contributed by atoms with Gasteiger partial charge in [0.15, 0.2) is 21.2 Å². The minimum atomic E-state index is -4.96. The number of piperazine rings is 2. The second-order valence-corrected chi connectivity index (χ2v) is 17.8. The predicted octanol–water partition coefficient (Wildman–Crippen LogP) is 6.45. The lowest BCUT2D eigenvalue weighted by atomic mass is 10.2. The van der Waals surface area contributed by atoms with E-state index in [1.165, 1.54) is 25.9 Å². The minimum Gasteiger partial charge on any atom is -0.495 e. The van der Waals surface area contributed by atoms with Gasteiger partial charge in [-0.25, -0.2) is 8.42 Å². The first kappa shape index (κ1) is 47.9. The molecule has 2 saturated heterocycles. The lowest BCUT2D eigenvalue weighted by molar-refractivity contribution is -0.144. The molecule has 0 saturated carbocycles. The number of nitrogens with zero attached hydrogens (tertiary/aromatic N) is 8. The highest BCUT2D eigenvalue weighted by Crippen LogP contribution is 2.36. The number of benzene rings is 2. The molecular formula is C37H41Cl2F6IN8O6S. The van der Waals surface area contributed by atoms with Crippen molar-refractivity contribution in [2.75, 3.05) is 82.6 Å². The summed E-state index contributed by atoms with van der Waals surface area (Å²) in [6.45, 7) is 5.84. The highest BCUT2D eigenvalue weighted by Gasteiger charge is 2.42. The topological polar surface area (TPSA) is 135 Å². The van der Waals surface area contributed by atoms with Gasteiger partial charge >= 0.3 is 12.4 Å². The summed E-state index contributed by atoms with van der Waals surface area (Å²) in [5.74, 6) is 0.401. The van der Waals surface area contributed by atoms with E-state index in [1.807, 2.05) is 23.1 Å². The number of amides is 2. The Kier molecular flexibility index (Phi) is 15.0. The monoisotopic (exact) mass is 1040 g/mol. The van der Waals surface area contributed by atoms with E-state index in [2.05, 4.69) is 15.1 Å². The second-order valence-electron chi connectivity index (χ2n) is 14.0. The zero-order chi connectivity index (χ0) is 45.2. The van der Waals surface area contributed by atoms with Crippen LogP contribution in [0.5, 0.6) is 11.5 Å². The van der Waals surface area contributed by atoms with Gasteiger partial charge in [0.2, 0.25) is 11.8 Å². The number of aromatic nitrogens is 4. The number of carbonyl (C=O) groups excluding carboxylic acids is 2. The lowest BCUT2D eigenvalue weighted by Crippen LogP contribution is -2.49. The molecule has 2 aliphatic heterocycles. The maximum Gasteiger partial charge on any atom is 0.436 e. The van der Waals surface area contributed by atoms with Crippen LogP contribution in [0.3, 0.4) is 0 Å². The molecule has 334 valence electrons. The Balaban J connectivity index is 0.000000232. The molecule has 0 atom stereocenters. The van der Waals surface area contributed by atoms with Crippen molar-refractivity contribution in [3.05, 3.63) is 72.8 Å². The number of halogens is 9. The second kappa shape index (κ2) is 19.1. The molecule has 0 aliphatic carbocycles. The number of anilines is 2. The quantitative estimate of drug-likeness (QED) is 0.136. The van der Waals surface area contributed by atoms with Crippen molar-refractivity contribution in [2.45, 2.75) is 44.2 Å². The van der Waals surface area contributed by atoms with E-state index in [1.54, 1.807) is 52.8 Å². The highest BCUT2D eigenvalue weighted by molar-refractivity contribution is 14.1. The maximum absolute atomic E-state index is 13.3. The normalized spacial score (nSPS) is 15.1. The lowest BCUT2D eigenvalue weighted by Gasteiger charge is -2.36. The van der Waals surface area contributed by atoms with Gasteiger partial charge in [-0.3, -0.25) is 19.0 Å². The van der Waals surface area contributed by atoms with E-state index >= 15 is 0 Å². The summed E-state index contributed by atoms with van der Waals surface area (Å²) in [6.07, 6.45) is -8.81. The first-order chi connectivity index (χ1) is 28.4. The van der Waals surface area contributed by atoms with Crippen LogP contribution in [-0.4, -0.2) is 122 Å². The van der Waals surface area contributed by atoms with Crippen LogP contribution in [0.25, 0.3) is 0 Å². The Morgan fingerprint density at radius 1 is 0.689 bits per heavy atom. The predicted molar refractivity (Wildman–Crippen MR) is 223 cm³/mol. The Hall–Kier alpha value is -4.16. The summed E-state index contributed by atoms with van der Waals surface area (Å²) in [4.78, 5) is 31.7. The number of alkyl halides is 6. The van der Waals surface area contributed by atoms with Crippen molar-refractivity contribution in [3.8, 4) is 11.5 Å². The molecule has 0 radical (unpaired) electrons. The van der Waals surface area contributed by atoms with Crippen molar-refractivity contribution in [1.82, 2.24) is 29.4 Å². The van der Waals surface area contributed by atoms with Crippen LogP contribution < -0.4 is 19.3 Å². The van der Waals surface area contributed by atoms with Crippen LogP contribution in [0.2, 0.25) is 10.0 Å². The molecule has 0 unspecified atom stereocenters. The molecular weight excluding hydrogens is 996 g/mol. The third-order valence-electron chi connectivity index (χ3n) is 10.0. The third-order valence-corrected chi connectivity index (χ3v) is 13.2. The van der Waals surface area contributed by atoms with Gasteiger partial charge in [0.25, 0.3) is 0 Å². The van der Waals surface area contributed by atoms with Gasteiger partial charge in [0.05, 0.1) is 33.5 Å². The van der Waals surface area contributed by atoms with E-state index in [9.17, 15) is 44.3 Å². The van der Waals surface area contributed by atoms with Gasteiger partial charge in [-0.1, -0.05) is 23.2 Å². The van der Waals surface area contributed by atoms with E-state index in [0.717, 1.165) is 20.7 Å². The van der Waals surface area contributed by atoms with Crippen LogP contribution in [-0.2, 0) is 44.9 Å². The largest absolute Gasteiger partial charge is 0.495 e. The smallest absolute Gasteiger partial charge is 0.436 e. The Morgan fingerprint density at radius 2 is 1.07 bits per heavy atom. The first-order valence-corrected chi connectivity index (χ1v) is 22.0. The molecule has 4 heterocycles. The average Bonchev–Trinajstić information content (AvgIpc) is 3.70. The molecule has 6 rings (SSSR count). The fourth-order valence-corrected chi connectivity index (χ4v) is 8.98. The number of sulfone groups is 1. The van der Waals surface area contributed by atoms with Gasteiger partial charge in [-0.2, -0.15) is 36.5 Å². The minimum absolute atomic E-state index is 0.0180. The van der Waals surface area contributed by atoms with Crippen molar-refractivity contribution in [1.29, 1.82) is 0 Å². The number of hydrogen-bond acceptors (Lipinski definition) is 10. The van der Waals surface area contributed by atoms with E-state index in [4.69, 9.17) is 32.7 Å². The number of ether oxygens (including phenoxy) is 2. The van der Waals surface area contributed by atoms with Crippen molar-refractivity contribution in [2.24, 2.45) is 0 Å². The highest BCUT2D eigenvalue weighted by atomic mass is 127. The third kappa shape index (κ3) is 11.3. The van der Waals surface area contributed by atoms with Crippen molar-refractivity contribution < 1.29 is 53.8 Å². The van der Waals surface area contributed by atoms with Gasteiger partial charge in [0, 0.05) is 87.8 Å². The SMILES string of the molecule is COc1cc(N2CCN(C(=O)Cn3nc(C(F)(F)F)c(I)c3C)CC2)ccc1Cl.COc1cc(N2CCN(C(=O)Cn3nc(C(F)(F)F)c(S(C)(=O)=O)c3C)CC2)ccc1Cl. The first-order valence-electron chi connectivity index (χ1n) is 18.3. The molecule has 0 N–H and O–H groups in total. The molecule has 61 heavy (non-hydrogen) atoms. The van der Waals surface area contributed by atoms with Crippen LogP contribution in [0.1, 0.15) is 22.8 Å². The van der Waals surface area contributed by atoms with E-state index in [-0.39, 0.29) is 21.7 Å². The van der Waals surface area contributed by atoms with E-state index < -0.39 is 50.9 Å². The molecule has 2 aliphatic rings. The molecule has 0 bridgehead atoms. The number of hydrogen-bond donors (Lipinski definition) is 0. The molecule has 24 heteroatoms. The molecule has 4 aromatic rings. The zero-order valence-corrected chi connectivity index (χ0v) is 37.9. The fourth-order valence-electron chi connectivity index (χ4n) is 6.75. The summed E-state index contributed by atoms with van der Waals surface area (Å²) in [5, 5.41) is 8.00. The molecule has 2 aromatic carbocycles. The zero-order valence-electron chi connectivity index (χ0n) is 33.4. The Morgan fingerprint density at radius 3 is 1.39 bits per heavy atom. The molecule has 0 spiro atoms. The summed E-state index contributed by atoms with van der Waals surface area (Å²) in [5.41, 5.74) is -0.547. The summed E-state index contributed by atoms with van der Waals surface area (Å²) in [7, 11) is -1.13.